The zero-order chi connectivity index (χ0) is 9.68. The number of carbonyl (C=O) groups excluding carboxylic acids is 1. The molecule has 2 heteroatoms. The molecule has 0 N–H and O–H groups in total. The van der Waals surface area contributed by atoms with E-state index in [1.165, 1.54) is 25.8 Å². The lowest BCUT2D eigenvalue weighted by Gasteiger charge is -2.22. The molecule has 0 saturated carbocycles. The van der Waals surface area contributed by atoms with E-state index in [1.807, 2.05) is 0 Å². The van der Waals surface area contributed by atoms with Crippen molar-refractivity contribution in [3.8, 4) is 0 Å². The summed E-state index contributed by atoms with van der Waals surface area (Å²) in [4.78, 5) is 13.3. The largest absolute Gasteiger partial charge is 0.300 e. The summed E-state index contributed by atoms with van der Waals surface area (Å²) in [6.45, 7) is 6.31. The lowest BCUT2D eigenvalue weighted by atomic mass is 10.1. The Labute approximate surface area is 81.3 Å². The van der Waals surface area contributed by atoms with Crippen molar-refractivity contribution < 1.29 is 4.79 Å². The molecule has 1 atom stereocenters. The molecule has 76 valence electrons. The summed E-state index contributed by atoms with van der Waals surface area (Å²) in [5, 5.41) is 0. The molecule has 0 aromatic rings. The van der Waals surface area contributed by atoms with Crippen molar-refractivity contribution in [2.45, 2.75) is 52.0 Å². The molecule has 1 heterocycles. The van der Waals surface area contributed by atoms with Gasteiger partial charge < -0.3 is 9.69 Å². The van der Waals surface area contributed by atoms with Gasteiger partial charge in [-0.15, -0.1) is 0 Å². The molecule has 1 aliphatic rings. The van der Waals surface area contributed by atoms with Crippen molar-refractivity contribution in [1.82, 2.24) is 4.90 Å². The van der Waals surface area contributed by atoms with Crippen LogP contribution in [0.1, 0.15) is 46.0 Å². The fourth-order valence-electron chi connectivity index (χ4n) is 2.18. The Hall–Kier alpha value is -0.370. The fraction of sp³-hybridized carbons (Fsp3) is 0.909. The first-order valence-corrected chi connectivity index (χ1v) is 5.47. The van der Waals surface area contributed by atoms with Crippen LogP contribution in [-0.2, 0) is 4.79 Å². The van der Waals surface area contributed by atoms with Gasteiger partial charge in [0.1, 0.15) is 5.78 Å². The maximum Gasteiger partial charge on any atom is 0.129 e. The van der Waals surface area contributed by atoms with Crippen molar-refractivity contribution in [1.29, 1.82) is 0 Å². The highest BCUT2D eigenvalue weighted by atomic mass is 16.1. The molecule has 1 saturated heterocycles. The third-order valence-corrected chi connectivity index (χ3v) is 2.94. The van der Waals surface area contributed by atoms with Gasteiger partial charge in [-0.25, -0.2) is 0 Å². The summed E-state index contributed by atoms with van der Waals surface area (Å²) in [5.74, 6) is 0.326. The maximum atomic E-state index is 10.8. The van der Waals surface area contributed by atoms with Crippen LogP contribution in [0.25, 0.3) is 0 Å². The Morgan fingerprint density at radius 3 is 2.92 bits per heavy atom. The minimum Gasteiger partial charge on any atom is -0.300 e. The molecule has 1 aliphatic heterocycles. The molecule has 1 unspecified atom stereocenters. The average molecular weight is 183 g/mol. The molecule has 0 aliphatic carbocycles. The Bertz CT molecular complexity index is 167. The van der Waals surface area contributed by atoms with Crippen molar-refractivity contribution in [3.63, 3.8) is 0 Å². The maximum absolute atomic E-state index is 10.8. The van der Waals surface area contributed by atoms with Gasteiger partial charge in [0.2, 0.25) is 0 Å². The van der Waals surface area contributed by atoms with Crippen LogP contribution in [0.3, 0.4) is 0 Å². The third-order valence-electron chi connectivity index (χ3n) is 2.94. The molecule has 0 aromatic heterocycles. The van der Waals surface area contributed by atoms with Crippen molar-refractivity contribution in [3.05, 3.63) is 0 Å². The Balaban J connectivity index is 2.16. The third kappa shape index (κ3) is 3.47. The SMILES string of the molecule is CCC1CCCN1CCCC(C)=O. The van der Waals surface area contributed by atoms with Crippen LogP contribution in [-0.4, -0.2) is 29.8 Å². The zero-order valence-corrected chi connectivity index (χ0v) is 8.88. The first-order chi connectivity index (χ1) is 6.24. The molecule has 1 rings (SSSR count). The molecule has 13 heavy (non-hydrogen) atoms. The number of hydrogen-bond acceptors (Lipinski definition) is 2. The monoisotopic (exact) mass is 183 g/mol. The number of carbonyl (C=O) groups is 1. The molecular formula is C11H21NO. The van der Waals surface area contributed by atoms with Crippen molar-refractivity contribution in [2.24, 2.45) is 0 Å². The van der Waals surface area contributed by atoms with Crippen molar-refractivity contribution >= 4 is 5.78 Å². The van der Waals surface area contributed by atoms with Crippen LogP contribution in [0.5, 0.6) is 0 Å². The summed E-state index contributed by atoms with van der Waals surface area (Å²) in [6, 6.07) is 0.798. The number of rotatable bonds is 5. The van der Waals surface area contributed by atoms with E-state index in [0.717, 1.165) is 25.4 Å². The second kappa shape index (κ2) is 5.38. The molecule has 0 bridgehead atoms. The van der Waals surface area contributed by atoms with E-state index in [-0.39, 0.29) is 0 Å². The summed E-state index contributed by atoms with van der Waals surface area (Å²) >= 11 is 0. The number of Topliss-reactive ketones (excluding diaryl/α,β-unsaturated/α-hetero) is 1. The smallest absolute Gasteiger partial charge is 0.129 e. The molecular weight excluding hydrogens is 162 g/mol. The predicted octanol–water partition coefficient (Wildman–Crippen LogP) is 2.23. The minimum absolute atomic E-state index is 0.326. The number of nitrogens with zero attached hydrogens (tertiary/aromatic N) is 1. The van der Waals surface area contributed by atoms with Gasteiger partial charge in [-0.1, -0.05) is 6.92 Å². The lowest BCUT2D eigenvalue weighted by Crippen LogP contribution is -2.29. The van der Waals surface area contributed by atoms with Crippen LogP contribution < -0.4 is 0 Å². The number of likely N-dealkylation sites (tertiary alicyclic amines) is 1. The normalized spacial score (nSPS) is 23.7. The van der Waals surface area contributed by atoms with Gasteiger partial charge >= 0.3 is 0 Å². The molecule has 2 nitrogen and oxygen atoms in total. The van der Waals surface area contributed by atoms with Crippen LogP contribution in [0.4, 0.5) is 0 Å². The molecule has 1 fully saturated rings. The summed E-state index contributed by atoms with van der Waals surface area (Å²) in [6.07, 6.45) is 5.77. The van der Waals surface area contributed by atoms with E-state index in [0.29, 0.717) is 5.78 Å². The minimum atomic E-state index is 0.326. The highest BCUT2D eigenvalue weighted by molar-refractivity contribution is 5.75. The van der Waals surface area contributed by atoms with Crippen LogP contribution in [0, 0.1) is 0 Å². The Morgan fingerprint density at radius 2 is 2.31 bits per heavy atom. The predicted molar refractivity (Wildman–Crippen MR) is 54.8 cm³/mol. The van der Waals surface area contributed by atoms with Crippen LogP contribution >= 0.6 is 0 Å². The fourth-order valence-corrected chi connectivity index (χ4v) is 2.18. The molecule has 0 radical (unpaired) electrons. The van der Waals surface area contributed by atoms with Crippen molar-refractivity contribution in [2.75, 3.05) is 13.1 Å². The van der Waals surface area contributed by atoms with Gasteiger partial charge in [-0.05, 0) is 45.7 Å². The quantitative estimate of drug-likeness (QED) is 0.651. The van der Waals surface area contributed by atoms with E-state index in [4.69, 9.17) is 0 Å². The van der Waals surface area contributed by atoms with Gasteiger partial charge in [0.15, 0.2) is 0 Å². The average Bonchev–Trinajstić information content (AvgIpc) is 2.51. The Kier molecular flexibility index (Phi) is 4.43. The Morgan fingerprint density at radius 1 is 1.54 bits per heavy atom. The van der Waals surface area contributed by atoms with Gasteiger partial charge in [0.25, 0.3) is 0 Å². The highest BCUT2D eigenvalue weighted by Gasteiger charge is 2.21. The number of ketones is 1. The summed E-state index contributed by atoms with van der Waals surface area (Å²) in [7, 11) is 0. The van der Waals surface area contributed by atoms with Crippen LogP contribution in [0.15, 0.2) is 0 Å². The summed E-state index contributed by atoms with van der Waals surface area (Å²) in [5.41, 5.74) is 0. The van der Waals surface area contributed by atoms with Gasteiger partial charge in [-0.2, -0.15) is 0 Å². The lowest BCUT2D eigenvalue weighted by molar-refractivity contribution is -0.117. The molecule has 0 aromatic carbocycles. The topological polar surface area (TPSA) is 20.3 Å². The highest BCUT2D eigenvalue weighted by Crippen LogP contribution is 2.19. The summed E-state index contributed by atoms with van der Waals surface area (Å²) < 4.78 is 0. The zero-order valence-electron chi connectivity index (χ0n) is 8.88. The standard InChI is InChI=1S/C11H21NO/c1-3-11-7-5-9-12(11)8-4-6-10(2)13/h11H,3-9H2,1-2H3. The second-order valence-corrected chi connectivity index (χ2v) is 4.05. The van der Waals surface area contributed by atoms with Crippen LogP contribution in [0.2, 0.25) is 0 Å². The molecule has 0 amide bonds. The van der Waals surface area contributed by atoms with E-state index < -0.39 is 0 Å². The van der Waals surface area contributed by atoms with Gasteiger partial charge in [-0.3, -0.25) is 0 Å². The van der Waals surface area contributed by atoms with E-state index in [1.54, 1.807) is 6.92 Å². The van der Waals surface area contributed by atoms with E-state index >= 15 is 0 Å². The van der Waals surface area contributed by atoms with E-state index in [9.17, 15) is 4.79 Å². The molecule has 0 spiro atoms. The van der Waals surface area contributed by atoms with E-state index in [2.05, 4.69) is 11.8 Å². The second-order valence-electron chi connectivity index (χ2n) is 4.05. The van der Waals surface area contributed by atoms with Gasteiger partial charge in [0, 0.05) is 12.5 Å². The number of hydrogen-bond donors (Lipinski definition) is 0. The first kappa shape index (κ1) is 10.7. The first-order valence-electron chi connectivity index (χ1n) is 5.47. The van der Waals surface area contributed by atoms with Gasteiger partial charge in [0.05, 0.1) is 0 Å².